The molecule has 0 unspecified atom stereocenters. The molecule has 0 saturated carbocycles. The zero-order valence-electron chi connectivity index (χ0n) is 7.70. The Morgan fingerprint density at radius 1 is 1.71 bits per heavy atom. The van der Waals surface area contributed by atoms with Gasteiger partial charge in [-0.15, -0.1) is 0 Å². The maximum absolute atomic E-state index is 10.5. The number of imidazole rings is 1. The van der Waals surface area contributed by atoms with Crippen LogP contribution in [0.3, 0.4) is 0 Å². The van der Waals surface area contributed by atoms with E-state index in [9.17, 15) is 10.1 Å². The number of nitrogens with zero attached hydrogens (tertiary/aromatic N) is 2. The first-order valence-corrected chi connectivity index (χ1v) is 4.05. The quantitative estimate of drug-likeness (QED) is 0.402. The molecule has 0 aliphatic carbocycles. The summed E-state index contributed by atoms with van der Waals surface area (Å²) < 4.78 is 0. The van der Waals surface area contributed by atoms with Crippen molar-refractivity contribution in [3.05, 3.63) is 21.6 Å². The van der Waals surface area contributed by atoms with Crippen molar-refractivity contribution in [3.63, 3.8) is 0 Å². The highest BCUT2D eigenvalue weighted by Gasteiger charge is 2.15. The smallest absolute Gasteiger partial charge is 0.356 e. The van der Waals surface area contributed by atoms with E-state index in [1.54, 1.807) is 6.92 Å². The molecule has 0 fully saturated rings. The Morgan fingerprint density at radius 2 is 2.43 bits per heavy atom. The highest BCUT2D eigenvalue weighted by atomic mass is 16.6. The van der Waals surface area contributed by atoms with Crippen LogP contribution in [0, 0.1) is 28.9 Å². The van der Waals surface area contributed by atoms with Crippen LogP contribution in [0.25, 0.3) is 0 Å². The fourth-order valence-electron chi connectivity index (χ4n) is 0.917. The summed E-state index contributed by atoms with van der Waals surface area (Å²) >= 11 is 0. The summed E-state index contributed by atoms with van der Waals surface area (Å²) in [6.45, 7) is 2.07. The molecular weight excluding hydrogens is 184 g/mol. The minimum Gasteiger partial charge on any atom is -0.358 e. The van der Waals surface area contributed by atoms with Gasteiger partial charge < -0.3 is 15.8 Å². The molecule has 14 heavy (non-hydrogen) atoms. The lowest BCUT2D eigenvalue weighted by Crippen LogP contribution is -1.96. The van der Waals surface area contributed by atoms with E-state index in [0.717, 1.165) is 0 Å². The molecule has 0 saturated heterocycles. The largest absolute Gasteiger partial charge is 0.358 e. The molecule has 1 heterocycles. The van der Waals surface area contributed by atoms with Gasteiger partial charge in [0.1, 0.15) is 0 Å². The first-order chi connectivity index (χ1) is 6.65. The minimum absolute atomic E-state index is 0.160. The molecule has 1 aromatic heterocycles. The molecule has 0 atom stereocenters. The Bertz CT molecular complexity index is 399. The van der Waals surface area contributed by atoms with Crippen molar-refractivity contribution in [2.24, 2.45) is 5.73 Å². The van der Waals surface area contributed by atoms with E-state index in [2.05, 4.69) is 21.8 Å². The Kier molecular flexibility index (Phi) is 3.20. The molecule has 0 spiro atoms. The number of nitrogens with one attached hydrogen (secondary N) is 1. The zero-order valence-corrected chi connectivity index (χ0v) is 7.70. The Balaban J connectivity index is 2.97. The van der Waals surface area contributed by atoms with Crippen LogP contribution < -0.4 is 5.73 Å². The number of nitro groups is 1. The Morgan fingerprint density at radius 3 is 3.00 bits per heavy atom. The summed E-state index contributed by atoms with van der Waals surface area (Å²) in [5, 5.41) is 10.5. The van der Waals surface area contributed by atoms with Gasteiger partial charge >= 0.3 is 5.82 Å². The van der Waals surface area contributed by atoms with E-state index in [-0.39, 0.29) is 11.5 Å². The molecule has 0 radical (unpaired) electrons. The van der Waals surface area contributed by atoms with Gasteiger partial charge in [0, 0.05) is 19.9 Å². The van der Waals surface area contributed by atoms with E-state index in [1.807, 2.05) is 0 Å². The lowest BCUT2D eigenvalue weighted by atomic mass is 10.4. The van der Waals surface area contributed by atoms with Crippen molar-refractivity contribution >= 4 is 5.82 Å². The summed E-state index contributed by atoms with van der Waals surface area (Å²) in [5.74, 6) is 5.62. The van der Waals surface area contributed by atoms with Crippen LogP contribution in [0.4, 0.5) is 5.82 Å². The van der Waals surface area contributed by atoms with Gasteiger partial charge in [-0.05, 0) is 10.8 Å². The van der Waals surface area contributed by atoms with Gasteiger partial charge in [0.2, 0.25) is 5.69 Å². The van der Waals surface area contributed by atoms with Crippen LogP contribution >= 0.6 is 0 Å². The second-order valence-corrected chi connectivity index (χ2v) is 2.62. The predicted octanol–water partition coefficient (Wildman–Crippen LogP) is 0.327. The second-order valence-electron chi connectivity index (χ2n) is 2.62. The third-order valence-electron chi connectivity index (χ3n) is 1.46. The highest BCUT2D eigenvalue weighted by molar-refractivity contribution is 5.41. The summed E-state index contributed by atoms with van der Waals surface area (Å²) in [4.78, 5) is 16.4. The van der Waals surface area contributed by atoms with Gasteiger partial charge in [-0.3, -0.25) is 0 Å². The van der Waals surface area contributed by atoms with Gasteiger partial charge in [0.15, 0.2) is 5.82 Å². The van der Waals surface area contributed by atoms with Crippen molar-refractivity contribution in [2.45, 2.75) is 13.3 Å². The molecular formula is C8H10N4O2. The number of aromatic nitrogens is 2. The Labute approximate surface area is 80.7 Å². The van der Waals surface area contributed by atoms with E-state index in [4.69, 9.17) is 5.73 Å². The average molecular weight is 194 g/mol. The van der Waals surface area contributed by atoms with Gasteiger partial charge in [0.25, 0.3) is 0 Å². The maximum Gasteiger partial charge on any atom is 0.356 e. The van der Waals surface area contributed by atoms with Crippen LogP contribution in [-0.2, 0) is 0 Å². The van der Waals surface area contributed by atoms with Gasteiger partial charge in [-0.25, -0.2) is 4.98 Å². The minimum atomic E-state index is -0.535. The molecule has 6 heteroatoms. The third-order valence-corrected chi connectivity index (χ3v) is 1.46. The number of H-pyrrole nitrogens is 1. The number of hydrogen-bond donors (Lipinski definition) is 2. The molecule has 1 aromatic rings. The molecule has 0 bridgehead atoms. The molecule has 74 valence electrons. The van der Waals surface area contributed by atoms with Crippen molar-refractivity contribution < 1.29 is 4.92 Å². The van der Waals surface area contributed by atoms with E-state index >= 15 is 0 Å². The summed E-state index contributed by atoms with van der Waals surface area (Å²) in [6.07, 6.45) is 0.503. The van der Waals surface area contributed by atoms with Crippen molar-refractivity contribution in [1.29, 1.82) is 0 Å². The maximum atomic E-state index is 10.5. The van der Waals surface area contributed by atoms with Crippen LogP contribution in [0.15, 0.2) is 0 Å². The van der Waals surface area contributed by atoms with E-state index in [0.29, 0.717) is 18.8 Å². The van der Waals surface area contributed by atoms with Crippen LogP contribution in [-0.4, -0.2) is 21.4 Å². The molecule has 0 amide bonds. The fraction of sp³-hybridized carbons (Fsp3) is 0.375. The zero-order chi connectivity index (χ0) is 10.6. The van der Waals surface area contributed by atoms with Gasteiger partial charge in [0.05, 0.1) is 0 Å². The van der Waals surface area contributed by atoms with Crippen LogP contribution in [0.5, 0.6) is 0 Å². The molecule has 0 aliphatic rings. The number of hydrogen-bond acceptors (Lipinski definition) is 4. The average Bonchev–Trinajstić information content (AvgIpc) is 2.47. The SMILES string of the molecule is Cc1nc(C#CCCN)c([N+](=O)[O-])[nH]1. The summed E-state index contributed by atoms with van der Waals surface area (Å²) in [6, 6.07) is 0. The van der Waals surface area contributed by atoms with Gasteiger partial charge in [-0.2, -0.15) is 4.98 Å². The summed E-state index contributed by atoms with van der Waals surface area (Å²) in [7, 11) is 0. The fourth-order valence-corrected chi connectivity index (χ4v) is 0.917. The lowest BCUT2D eigenvalue weighted by molar-refractivity contribution is -0.389. The monoisotopic (exact) mass is 194 g/mol. The molecule has 0 aromatic carbocycles. The van der Waals surface area contributed by atoms with E-state index < -0.39 is 4.92 Å². The number of aryl methyl sites for hydroxylation is 1. The molecule has 1 rings (SSSR count). The van der Waals surface area contributed by atoms with Crippen molar-refractivity contribution in [1.82, 2.24) is 9.97 Å². The molecule has 3 N–H and O–H groups in total. The second kappa shape index (κ2) is 4.39. The highest BCUT2D eigenvalue weighted by Crippen LogP contribution is 2.12. The van der Waals surface area contributed by atoms with Crippen LogP contribution in [0.1, 0.15) is 17.9 Å². The third kappa shape index (κ3) is 2.31. The number of rotatable bonds is 2. The predicted molar refractivity (Wildman–Crippen MR) is 50.5 cm³/mol. The molecule has 6 nitrogen and oxygen atoms in total. The standard InChI is InChI=1S/C8H10N4O2/c1-6-10-7(4-2-3-5-9)8(11-6)12(13)14/h3,5,9H2,1H3,(H,10,11). The van der Waals surface area contributed by atoms with Crippen molar-refractivity contribution in [3.8, 4) is 11.8 Å². The first kappa shape index (κ1) is 10.2. The number of nitrogens with two attached hydrogens (primary N) is 1. The van der Waals surface area contributed by atoms with Crippen molar-refractivity contribution in [2.75, 3.05) is 6.54 Å². The van der Waals surface area contributed by atoms with Crippen LogP contribution in [0.2, 0.25) is 0 Å². The normalized spacial score (nSPS) is 9.29. The number of aromatic amines is 1. The topological polar surface area (TPSA) is 97.8 Å². The van der Waals surface area contributed by atoms with E-state index in [1.165, 1.54) is 0 Å². The van der Waals surface area contributed by atoms with Gasteiger partial charge in [-0.1, -0.05) is 5.92 Å². The summed E-state index contributed by atoms with van der Waals surface area (Å²) in [5.41, 5.74) is 5.40. The lowest BCUT2D eigenvalue weighted by Gasteiger charge is -1.88. The molecule has 0 aliphatic heterocycles. The Hall–Kier alpha value is -1.87. The first-order valence-electron chi connectivity index (χ1n) is 4.05.